The maximum Gasteiger partial charge on any atom is 0.229 e. The van der Waals surface area contributed by atoms with Gasteiger partial charge in [-0.3, -0.25) is 4.79 Å². The van der Waals surface area contributed by atoms with Gasteiger partial charge in [-0.1, -0.05) is 18.2 Å². The van der Waals surface area contributed by atoms with Gasteiger partial charge in [0.2, 0.25) is 5.91 Å². The molecule has 1 amide bonds. The number of nitrogens with zero attached hydrogens (tertiary/aromatic N) is 1. The number of fused-ring (bicyclic) bond motifs is 1. The third-order valence-electron chi connectivity index (χ3n) is 3.85. The van der Waals surface area contributed by atoms with Crippen LogP contribution in [0.5, 0.6) is 5.75 Å². The molecule has 1 fully saturated rings. The molecular formula is C15H18ClNO3. The number of rotatable bonds is 2. The first-order valence-corrected chi connectivity index (χ1v) is 7.48. The van der Waals surface area contributed by atoms with Gasteiger partial charge in [0, 0.05) is 13.1 Å². The Hall–Kier alpha value is -1.26. The zero-order valence-electron chi connectivity index (χ0n) is 11.3. The highest BCUT2D eigenvalue weighted by molar-refractivity contribution is 6.18. The third-order valence-corrected chi connectivity index (χ3v) is 4.19. The Morgan fingerprint density at radius 1 is 1.40 bits per heavy atom. The fourth-order valence-electron chi connectivity index (χ4n) is 2.76. The van der Waals surface area contributed by atoms with Crippen LogP contribution in [0.3, 0.4) is 0 Å². The Labute approximate surface area is 123 Å². The van der Waals surface area contributed by atoms with Gasteiger partial charge in [0.15, 0.2) is 0 Å². The van der Waals surface area contributed by atoms with Gasteiger partial charge >= 0.3 is 0 Å². The first-order chi connectivity index (χ1) is 9.78. The molecule has 20 heavy (non-hydrogen) atoms. The average molecular weight is 296 g/mol. The maximum atomic E-state index is 12.6. The second kappa shape index (κ2) is 6.02. The van der Waals surface area contributed by atoms with E-state index in [1.54, 1.807) is 0 Å². The predicted octanol–water partition coefficient (Wildman–Crippen LogP) is 1.70. The van der Waals surface area contributed by atoms with Gasteiger partial charge < -0.3 is 14.4 Å². The Morgan fingerprint density at radius 3 is 3.10 bits per heavy atom. The molecule has 2 atom stereocenters. The number of alkyl halides is 1. The Balaban J connectivity index is 1.67. The van der Waals surface area contributed by atoms with E-state index in [1.807, 2.05) is 29.2 Å². The van der Waals surface area contributed by atoms with Gasteiger partial charge in [-0.2, -0.15) is 0 Å². The summed E-state index contributed by atoms with van der Waals surface area (Å²) >= 11 is 5.82. The van der Waals surface area contributed by atoms with Crippen molar-refractivity contribution in [1.82, 2.24) is 4.90 Å². The fourth-order valence-corrected chi connectivity index (χ4v) is 2.94. The van der Waals surface area contributed by atoms with E-state index in [9.17, 15) is 4.79 Å². The summed E-state index contributed by atoms with van der Waals surface area (Å²) < 4.78 is 11.2. The van der Waals surface area contributed by atoms with Crippen LogP contribution in [0.25, 0.3) is 0 Å². The lowest BCUT2D eigenvalue weighted by molar-refractivity contribution is -0.143. The minimum Gasteiger partial charge on any atom is -0.492 e. The van der Waals surface area contributed by atoms with Crippen LogP contribution >= 0.6 is 11.6 Å². The highest BCUT2D eigenvalue weighted by Crippen LogP contribution is 2.28. The SMILES string of the molecule is O=C(C1COc2ccccc2C1)N1CCOC(CCl)C1. The van der Waals surface area contributed by atoms with Crippen LogP contribution in [-0.2, 0) is 16.0 Å². The zero-order chi connectivity index (χ0) is 13.9. The van der Waals surface area contributed by atoms with Crippen LogP contribution < -0.4 is 4.74 Å². The van der Waals surface area contributed by atoms with Crippen LogP contribution in [0.2, 0.25) is 0 Å². The molecule has 0 N–H and O–H groups in total. The molecule has 1 aromatic rings. The number of ether oxygens (including phenoxy) is 2. The molecule has 0 aromatic heterocycles. The van der Waals surface area contributed by atoms with Crippen molar-refractivity contribution in [2.75, 3.05) is 32.2 Å². The molecular weight excluding hydrogens is 278 g/mol. The van der Waals surface area contributed by atoms with E-state index in [1.165, 1.54) is 0 Å². The number of amides is 1. The molecule has 3 rings (SSSR count). The van der Waals surface area contributed by atoms with E-state index < -0.39 is 0 Å². The van der Waals surface area contributed by atoms with Gasteiger partial charge in [-0.05, 0) is 18.1 Å². The van der Waals surface area contributed by atoms with E-state index in [2.05, 4.69) is 0 Å². The molecule has 4 nitrogen and oxygen atoms in total. The van der Waals surface area contributed by atoms with Gasteiger partial charge in [-0.15, -0.1) is 11.6 Å². The lowest BCUT2D eigenvalue weighted by Crippen LogP contribution is -2.50. The average Bonchev–Trinajstić information content (AvgIpc) is 2.53. The molecule has 0 aliphatic carbocycles. The number of carbonyl (C=O) groups is 1. The normalized spacial score (nSPS) is 25.8. The Kier molecular flexibility index (Phi) is 4.13. The second-order valence-corrected chi connectivity index (χ2v) is 5.56. The number of halogens is 1. The van der Waals surface area contributed by atoms with E-state index in [0.717, 1.165) is 17.7 Å². The molecule has 0 spiro atoms. The summed E-state index contributed by atoms with van der Waals surface area (Å²) in [7, 11) is 0. The Bertz CT molecular complexity index is 494. The molecule has 2 aliphatic rings. The van der Waals surface area contributed by atoms with Crippen molar-refractivity contribution in [2.24, 2.45) is 5.92 Å². The van der Waals surface area contributed by atoms with Crippen LogP contribution in [0.1, 0.15) is 5.56 Å². The molecule has 2 aliphatic heterocycles. The molecule has 5 heteroatoms. The van der Waals surface area contributed by atoms with Crippen molar-refractivity contribution in [3.63, 3.8) is 0 Å². The largest absolute Gasteiger partial charge is 0.492 e. The molecule has 1 saturated heterocycles. The summed E-state index contributed by atoms with van der Waals surface area (Å²) in [4.78, 5) is 14.4. The highest BCUT2D eigenvalue weighted by atomic mass is 35.5. The summed E-state index contributed by atoms with van der Waals surface area (Å²) in [5.74, 6) is 1.38. The van der Waals surface area contributed by atoms with E-state index in [4.69, 9.17) is 21.1 Å². The maximum absolute atomic E-state index is 12.6. The topological polar surface area (TPSA) is 38.8 Å². The minimum absolute atomic E-state index is 0.0499. The number of para-hydroxylation sites is 1. The molecule has 0 bridgehead atoms. The molecule has 2 unspecified atom stereocenters. The fraction of sp³-hybridized carbons (Fsp3) is 0.533. The van der Waals surface area contributed by atoms with Crippen molar-refractivity contribution in [3.05, 3.63) is 29.8 Å². The first kappa shape index (κ1) is 13.7. The van der Waals surface area contributed by atoms with Crippen molar-refractivity contribution in [3.8, 4) is 5.75 Å². The summed E-state index contributed by atoms with van der Waals surface area (Å²) in [5, 5.41) is 0. The van der Waals surface area contributed by atoms with Crippen molar-refractivity contribution in [2.45, 2.75) is 12.5 Å². The van der Waals surface area contributed by atoms with E-state index in [-0.39, 0.29) is 17.9 Å². The number of hydrogen-bond donors (Lipinski definition) is 0. The van der Waals surface area contributed by atoms with Gasteiger partial charge in [0.1, 0.15) is 12.4 Å². The van der Waals surface area contributed by atoms with Crippen molar-refractivity contribution >= 4 is 17.5 Å². The third kappa shape index (κ3) is 2.76. The molecule has 0 radical (unpaired) electrons. The first-order valence-electron chi connectivity index (χ1n) is 6.95. The van der Waals surface area contributed by atoms with Gasteiger partial charge in [0.05, 0.1) is 24.5 Å². The lowest BCUT2D eigenvalue weighted by atomic mass is 9.95. The van der Waals surface area contributed by atoms with E-state index in [0.29, 0.717) is 32.2 Å². The zero-order valence-corrected chi connectivity index (χ0v) is 12.0. The lowest BCUT2D eigenvalue weighted by Gasteiger charge is -2.35. The van der Waals surface area contributed by atoms with Crippen LogP contribution in [0.15, 0.2) is 24.3 Å². The highest BCUT2D eigenvalue weighted by Gasteiger charge is 2.32. The molecule has 108 valence electrons. The standard InChI is InChI=1S/C15H18ClNO3/c16-8-13-9-17(5-6-19-13)15(18)12-7-11-3-1-2-4-14(11)20-10-12/h1-4,12-13H,5-10H2. The van der Waals surface area contributed by atoms with Crippen molar-refractivity contribution in [1.29, 1.82) is 0 Å². The Morgan fingerprint density at radius 2 is 2.25 bits per heavy atom. The van der Waals surface area contributed by atoms with Crippen LogP contribution in [-0.4, -0.2) is 49.1 Å². The smallest absolute Gasteiger partial charge is 0.229 e. The molecule has 2 heterocycles. The van der Waals surface area contributed by atoms with Crippen molar-refractivity contribution < 1.29 is 14.3 Å². The van der Waals surface area contributed by atoms with Gasteiger partial charge in [0.25, 0.3) is 0 Å². The van der Waals surface area contributed by atoms with Crippen LogP contribution in [0, 0.1) is 5.92 Å². The predicted molar refractivity (Wildman–Crippen MR) is 76.2 cm³/mol. The van der Waals surface area contributed by atoms with Gasteiger partial charge in [-0.25, -0.2) is 0 Å². The second-order valence-electron chi connectivity index (χ2n) is 5.25. The van der Waals surface area contributed by atoms with Crippen LogP contribution in [0.4, 0.5) is 0 Å². The molecule has 0 saturated carbocycles. The summed E-state index contributed by atoms with van der Waals surface area (Å²) in [6, 6.07) is 7.91. The van der Waals surface area contributed by atoms with E-state index >= 15 is 0 Å². The quantitative estimate of drug-likeness (QED) is 0.780. The summed E-state index contributed by atoms with van der Waals surface area (Å²) in [6.45, 7) is 2.25. The monoisotopic (exact) mass is 295 g/mol. The molecule has 1 aromatic carbocycles. The number of hydrogen-bond acceptors (Lipinski definition) is 3. The number of morpholine rings is 1. The number of carbonyl (C=O) groups excluding carboxylic acids is 1. The minimum atomic E-state index is -0.0982. The number of benzene rings is 1. The summed E-state index contributed by atoms with van der Waals surface area (Å²) in [6.07, 6.45) is 0.698. The summed E-state index contributed by atoms with van der Waals surface area (Å²) in [5.41, 5.74) is 1.11.